The Morgan fingerprint density at radius 2 is 1.84 bits per heavy atom. The molecule has 1 aromatic carbocycles. The van der Waals surface area contributed by atoms with E-state index in [0.29, 0.717) is 0 Å². The predicted molar refractivity (Wildman–Crippen MR) is 99.0 cm³/mol. The Balaban J connectivity index is 1.96. The van der Waals surface area contributed by atoms with Crippen molar-refractivity contribution < 1.29 is 9.29 Å². The van der Waals surface area contributed by atoms with Crippen LogP contribution in [-0.2, 0) is 6.54 Å². The van der Waals surface area contributed by atoms with Gasteiger partial charge in [-0.05, 0) is 43.7 Å². The van der Waals surface area contributed by atoms with E-state index in [1.165, 1.54) is 28.3 Å². The first kappa shape index (κ1) is 17.4. The summed E-state index contributed by atoms with van der Waals surface area (Å²) in [4.78, 5) is 10.4. The smallest absolute Gasteiger partial charge is 0.145 e. The van der Waals surface area contributed by atoms with E-state index in [1.807, 2.05) is 0 Å². The van der Waals surface area contributed by atoms with Gasteiger partial charge in [-0.1, -0.05) is 0 Å². The maximum Gasteiger partial charge on any atom is 0.145 e. The van der Waals surface area contributed by atoms with Crippen molar-refractivity contribution in [3.63, 3.8) is 0 Å². The molecule has 6 heteroatoms. The second-order valence-electron chi connectivity index (χ2n) is 6.73. The van der Waals surface area contributed by atoms with Crippen molar-refractivity contribution in [2.45, 2.75) is 26.8 Å². The number of hydrogen-bond donors (Lipinski definition) is 2. The van der Waals surface area contributed by atoms with E-state index in [9.17, 15) is 4.39 Å². The molecule has 0 spiro atoms. The zero-order valence-electron chi connectivity index (χ0n) is 15.2. The Hall–Kier alpha value is -2.47. The fraction of sp³-hybridized carbons (Fsp3) is 0.368. The third-order valence-corrected chi connectivity index (χ3v) is 4.57. The standard InChI is InChI=1S/C19H24FN5/c1-13-14(2)25(11-5-10-24(3)4)19-17(13)18(21-12-22-19)23-16-8-6-15(20)7-9-16/h6-9,12H,5,10-11H2,1-4H3,(H,21,22,23)/p+1. The molecule has 2 aromatic heterocycles. The van der Waals surface area contributed by atoms with Gasteiger partial charge < -0.3 is 14.8 Å². The Bertz CT molecular complexity index is 868. The Labute approximate surface area is 147 Å². The molecule has 0 radical (unpaired) electrons. The molecular weight excluding hydrogens is 317 g/mol. The van der Waals surface area contributed by atoms with Gasteiger partial charge in [0.2, 0.25) is 0 Å². The van der Waals surface area contributed by atoms with Gasteiger partial charge in [0.05, 0.1) is 26.0 Å². The Morgan fingerprint density at radius 3 is 2.52 bits per heavy atom. The first-order valence-electron chi connectivity index (χ1n) is 8.59. The van der Waals surface area contributed by atoms with Crippen molar-refractivity contribution in [1.29, 1.82) is 0 Å². The van der Waals surface area contributed by atoms with Gasteiger partial charge in [-0.3, -0.25) is 0 Å². The highest BCUT2D eigenvalue weighted by Crippen LogP contribution is 2.30. The summed E-state index contributed by atoms with van der Waals surface area (Å²) >= 11 is 0. The molecule has 0 bridgehead atoms. The molecule has 132 valence electrons. The largest absolute Gasteiger partial charge is 0.340 e. The van der Waals surface area contributed by atoms with Gasteiger partial charge in [-0.25, -0.2) is 14.4 Å². The van der Waals surface area contributed by atoms with Crippen molar-refractivity contribution >= 4 is 22.5 Å². The minimum Gasteiger partial charge on any atom is -0.340 e. The fourth-order valence-corrected chi connectivity index (χ4v) is 3.10. The topological polar surface area (TPSA) is 47.2 Å². The van der Waals surface area contributed by atoms with Crippen LogP contribution in [-0.4, -0.2) is 35.2 Å². The van der Waals surface area contributed by atoms with Crippen LogP contribution >= 0.6 is 0 Å². The van der Waals surface area contributed by atoms with Gasteiger partial charge in [-0.2, -0.15) is 0 Å². The second kappa shape index (κ2) is 7.19. The van der Waals surface area contributed by atoms with Gasteiger partial charge in [0.15, 0.2) is 0 Å². The number of nitrogens with one attached hydrogen (secondary N) is 2. The van der Waals surface area contributed by atoms with E-state index < -0.39 is 0 Å². The molecule has 2 N–H and O–H groups in total. The lowest BCUT2D eigenvalue weighted by Gasteiger charge is -2.10. The summed E-state index contributed by atoms with van der Waals surface area (Å²) in [5.41, 5.74) is 4.15. The molecular formula is C19H25FN5+. The van der Waals surface area contributed by atoms with Gasteiger partial charge in [0.25, 0.3) is 0 Å². The lowest BCUT2D eigenvalue weighted by molar-refractivity contribution is -0.858. The molecule has 0 atom stereocenters. The molecule has 3 aromatic rings. The van der Waals surface area contributed by atoms with E-state index >= 15 is 0 Å². The normalized spacial score (nSPS) is 11.4. The van der Waals surface area contributed by atoms with E-state index in [-0.39, 0.29) is 5.82 Å². The molecule has 0 aliphatic heterocycles. The third-order valence-electron chi connectivity index (χ3n) is 4.57. The number of nitrogens with zero attached hydrogens (tertiary/aromatic N) is 3. The van der Waals surface area contributed by atoms with E-state index in [2.05, 4.69) is 47.8 Å². The molecule has 0 fully saturated rings. The number of hydrogen-bond acceptors (Lipinski definition) is 3. The van der Waals surface area contributed by atoms with E-state index in [1.54, 1.807) is 18.5 Å². The average molecular weight is 342 g/mol. The number of halogens is 1. The Morgan fingerprint density at radius 1 is 1.12 bits per heavy atom. The summed E-state index contributed by atoms with van der Waals surface area (Å²) in [6.07, 6.45) is 2.68. The van der Waals surface area contributed by atoms with Gasteiger partial charge in [-0.15, -0.1) is 0 Å². The quantitative estimate of drug-likeness (QED) is 0.723. The first-order valence-corrected chi connectivity index (χ1v) is 8.59. The summed E-state index contributed by atoms with van der Waals surface area (Å²) < 4.78 is 15.4. The third kappa shape index (κ3) is 3.64. The van der Waals surface area contributed by atoms with Gasteiger partial charge >= 0.3 is 0 Å². The van der Waals surface area contributed by atoms with Crippen molar-refractivity contribution in [3.8, 4) is 0 Å². The lowest BCUT2D eigenvalue weighted by Crippen LogP contribution is -3.05. The fourth-order valence-electron chi connectivity index (χ4n) is 3.10. The van der Waals surface area contributed by atoms with Crippen LogP contribution in [0.25, 0.3) is 11.0 Å². The number of anilines is 2. The highest BCUT2D eigenvalue weighted by atomic mass is 19.1. The van der Waals surface area contributed by atoms with Crippen LogP contribution in [0.2, 0.25) is 0 Å². The number of benzene rings is 1. The summed E-state index contributed by atoms with van der Waals surface area (Å²) in [6.45, 7) is 6.28. The molecule has 25 heavy (non-hydrogen) atoms. The van der Waals surface area contributed by atoms with Crippen molar-refractivity contribution in [3.05, 3.63) is 47.7 Å². The Kier molecular flexibility index (Phi) is 4.99. The molecule has 0 unspecified atom stereocenters. The van der Waals surface area contributed by atoms with Crippen LogP contribution in [0.4, 0.5) is 15.9 Å². The number of rotatable bonds is 6. The van der Waals surface area contributed by atoms with Crippen molar-refractivity contribution in [2.24, 2.45) is 0 Å². The van der Waals surface area contributed by atoms with E-state index in [0.717, 1.165) is 42.0 Å². The molecule has 0 aliphatic rings. The summed E-state index contributed by atoms with van der Waals surface area (Å²) in [7, 11) is 4.33. The highest BCUT2D eigenvalue weighted by Gasteiger charge is 2.16. The first-order chi connectivity index (χ1) is 12.0. The summed E-state index contributed by atoms with van der Waals surface area (Å²) in [6, 6.07) is 6.30. The van der Waals surface area contributed by atoms with Gasteiger partial charge in [0.1, 0.15) is 23.6 Å². The lowest BCUT2D eigenvalue weighted by atomic mass is 10.2. The number of aromatic nitrogens is 3. The van der Waals surface area contributed by atoms with Crippen LogP contribution < -0.4 is 10.2 Å². The minimum absolute atomic E-state index is 0.250. The maximum atomic E-state index is 13.1. The average Bonchev–Trinajstić information content (AvgIpc) is 2.82. The van der Waals surface area contributed by atoms with Crippen LogP contribution in [0.5, 0.6) is 0 Å². The molecule has 3 rings (SSSR count). The summed E-state index contributed by atoms with van der Waals surface area (Å²) in [5.74, 6) is 0.508. The molecule has 0 saturated heterocycles. The number of quaternary nitrogens is 1. The maximum absolute atomic E-state index is 13.1. The van der Waals surface area contributed by atoms with Crippen LogP contribution in [0.3, 0.4) is 0 Å². The zero-order chi connectivity index (χ0) is 18.0. The van der Waals surface area contributed by atoms with Crippen molar-refractivity contribution in [2.75, 3.05) is 26.0 Å². The molecule has 0 saturated carbocycles. The molecule has 2 heterocycles. The number of fused-ring (bicyclic) bond motifs is 1. The van der Waals surface area contributed by atoms with Gasteiger partial charge in [0, 0.05) is 24.3 Å². The highest BCUT2D eigenvalue weighted by molar-refractivity contribution is 5.93. The molecule has 0 amide bonds. The summed E-state index contributed by atoms with van der Waals surface area (Å²) in [5, 5.41) is 4.32. The molecule has 5 nitrogen and oxygen atoms in total. The SMILES string of the molecule is Cc1c(C)n(CCC[NH+](C)C)c2ncnc(Nc3ccc(F)cc3)c12. The van der Waals surface area contributed by atoms with Crippen LogP contribution in [0.1, 0.15) is 17.7 Å². The van der Waals surface area contributed by atoms with E-state index in [4.69, 9.17) is 0 Å². The van der Waals surface area contributed by atoms with Crippen LogP contribution in [0, 0.1) is 19.7 Å². The minimum atomic E-state index is -0.250. The molecule has 0 aliphatic carbocycles. The van der Waals surface area contributed by atoms with Crippen molar-refractivity contribution in [1.82, 2.24) is 14.5 Å². The monoisotopic (exact) mass is 342 g/mol. The van der Waals surface area contributed by atoms with Crippen LogP contribution in [0.15, 0.2) is 30.6 Å². The number of aryl methyl sites for hydroxylation is 2. The second-order valence-corrected chi connectivity index (χ2v) is 6.73. The zero-order valence-corrected chi connectivity index (χ0v) is 15.2. The predicted octanol–water partition coefficient (Wildman–Crippen LogP) is 2.47.